The van der Waals surface area contributed by atoms with E-state index in [0.717, 1.165) is 37.6 Å². The van der Waals surface area contributed by atoms with Crippen molar-refractivity contribution in [3.63, 3.8) is 0 Å². The van der Waals surface area contributed by atoms with Gasteiger partial charge in [-0.2, -0.15) is 0 Å². The Morgan fingerprint density at radius 1 is 1.39 bits per heavy atom. The van der Waals surface area contributed by atoms with Crippen LogP contribution < -0.4 is 0 Å². The molecule has 0 spiro atoms. The Hall–Kier alpha value is -0.610. The van der Waals surface area contributed by atoms with Crippen molar-refractivity contribution in [2.24, 2.45) is 11.8 Å². The minimum Gasteiger partial charge on any atom is -0.469 e. The van der Waals surface area contributed by atoms with Gasteiger partial charge in [0.2, 0.25) is 0 Å². The van der Waals surface area contributed by atoms with E-state index in [1.165, 1.54) is 32.8 Å². The molecule has 0 aromatic heterocycles. The maximum absolute atomic E-state index is 11.3. The van der Waals surface area contributed by atoms with Gasteiger partial charge in [-0.25, -0.2) is 0 Å². The summed E-state index contributed by atoms with van der Waals surface area (Å²) in [5.41, 5.74) is 0. The fourth-order valence-electron chi connectivity index (χ4n) is 4.09. The molecule has 2 aliphatic carbocycles. The van der Waals surface area contributed by atoms with Crippen molar-refractivity contribution in [3.05, 3.63) is 0 Å². The van der Waals surface area contributed by atoms with Crippen molar-refractivity contribution in [2.45, 2.75) is 44.2 Å². The minimum atomic E-state index is -0.158. The third kappa shape index (κ3) is 2.41. The third-order valence-electron chi connectivity index (χ3n) is 4.96. The monoisotopic (exact) mass is 253 g/mol. The highest BCUT2D eigenvalue weighted by Gasteiger charge is 2.43. The van der Waals surface area contributed by atoms with Crippen LogP contribution in [-0.2, 0) is 14.3 Å². The van der Waals surface area contributed by atoms with Crippen LogP contribution in [-0.4, -0.2) is 49.8 Å². The van der Waals surface area contributed by atoms with Crippen LogP contribution in [0.15, 0.2) is 0 Å². The lowest BCUT2D eigenvalue weighted by Crippen LogP contribution is -2.49. The number of hydrogen-bond acceptors (Lipinski definition) is 4. The van der Waals surface area contributed by atoms with E-state index < -0.39 is 0 Å². The van der Waals surface area contributed by atoms with E-state index in [1.54, 1.807) is 0 Å². The standard InChI is InChI=1S/C14H23NO3/c1-17-14(16)8-12-9-15(4-5-18-12)13-7-10-2-3-11(13)6-10/h10-13H,2-9H2,1H3. The number of fused-ring (bicyclic) bond motifs is 2. The zero-order chi connectivity index (χ0) is 12.5. The van der Waals surface area contributed by atoms with Gasteiger partial charge in [0.15, 0.2) is 0 Å². The Bertz CT molecular complexity index is 320. The average Bonchev–Trinajstić information content (AvgIpc) is 3.01. The van der Waals surface area contributed by atoms with E-state index >= 15 is 0 Å². The fraction of sp³-hybridized carbons (Fsp3) is 0.929. The van der Waals surface area contributed by atoms with E-state index in [9.17, 15) is 4.79 Å². The van der Waals surface area contributed by atoms with Crippen molar-refractivity contribution in [2.75, 3.05) is 26.8 Å². The van der Waals surface area contributed by atoms with Crippen molar-refractivity contribution in [3.8, 4) is 0 Å². The summed E-state index contributed by atoms with van der Waals surface area (Å²) in [6, 6.07) is 0.757. The SMILES string of the molecule is COC(=O)CC1CN(C2CC3CCC2C3)CCO1. The molecule has 1 saturated heterocycles. The third-order valence-corrected chi connectivity index (χ3v) is 4.96. The van der Waals surface area contributed by atoms with Gasteiger partial charge in [-0.1, -0.05) is 6.42 Å². The maximum atomic E-state index is 11.3. The van der Waals surface area contributed by atoms with E-state index in [0.29, 0.717) is 6.42 Å². The van der Waals surface area contributed by atoms with Crippen LogP contribution in [0.1, 0.15) is 32.1 Å². The van der Waals surface area contributed by atoms with Crippen LogP contribution in [0.2, 0.25) is 0 Å². The molecule has 1 aliphatic heterocycles. The summed E-state index contributed by atoms with van der Waals surface area (Å²) >= 11 is 0. The molecule has 0 aromatic carbocycles. The number of hydrogen-bond donors (Lipinski definition) is 0. The van der Waals surface area contributed by atoms with Crippen molar-refractivity contribution in [1.82, 2.24) is 4.90 Å². The van der Waals surface area contributed by atoms with Gasteiger partial charge in [0, 0.05) is 19.1 Å². The minimum absolute atomic E-state index is 0.0327. The lowest BCUT2D eigenvalue weighted by molar-refractivity contribution is -0.146. The molecule has 2 bridgehead atoms. The quantitative estimate of drug-likeness (QED) is 0.713. The molecule has 3 fully saturated rings. The zero-order valence-corrected chi connectivity index (χ0v) is 11.1. The second-order valence-corrected chi connectivity index (χ2v) is 6.01. The van der Waals surface area contributed by atoms with E-state index in [4.69, 9.17) is 9.47 Å². The van der Waals surface area contributed by atoms with Crippen molar-refractivity contribution in [1.29, 1.82) is 0 Å². The molecule has 0 amide bonds. The summed E-state index contributed by atoms with van der Waals surface area (Å²) < 4.78 is 10.4. The molecule has 3 rings (SSSR count). The molecule has 18 heavy (non-hydrogen) atoms. The number of rotatable bonds is 3. The topological polar surface area (TPSA) is 38.8 Å². The lowest BCUT2D eigenvalue weighted by atomic mass is 9.93. The molecule has 2 saturated carbocycles. The van der Waals surface area contributed by atoms with Gasteiger partial charge < -0.3 is 9.47 Å². The first-order chi connectivity index (χ1) is 8.76. The van der Waals surface area contributed by atoms with Gasteiger partial charge in [-0.3, -0.25) is 9.69 Å². The maximum Gasteiger partial charge on any atom is 0.308 e. The highest BCUT2D eigenvalue weighted by atomic mass is 16.5. The van der Waals surface area contributed by atoms with Gasteiger partial charge in [-0.05, 0) is 31.1 Å². The molecular weight excluding hydrogens is 230 g/mol. The Kier molecular flexibility index (Phi) is 3.57. The van der Waals surface area contributed by atoms with Crippen molar-refractivity contribution >= 4 is 5.97 Å². The van der Waals surface area contributed by atoms with Crippen LogP contribution in [0.4, 0.5) is 0 Å². The number of carbonyl (C=O) groups excluding carboxylic acids is 1. The van der Waals surface area contributed by atoms with Gasteiger partial charge >= 0.3 is 5.97 Å². The second kappa shape index (κ2) is 5.17. The highest BCUT2D eigenvalue weighted by Crippen LogP contribution is 2.46. The first-order valence-corrected chi connectivity index (χ1v) is 7.18. The molecule has 4 heteroatoms. The Labute approximate surface area is 109 Å². The lowest BCUT2D eigenvalue weighted by Gasteiger charge is -2.40. The number of morpholine rings is 1. The Morgan fingerprint density at radius 2 is 2.28 bits per heavy atom. The zero-order valence-electron chi connectivity index (χ0n) is 11.1. The molecule has 0 N–H and O–H groups in total. The van der Waals surface area contributed by atoms with E-state index in [-0.39, 0.29) is 12.1 Å². The molecular formula is C14H23NO3. The smallest absolute Gasteiger partial charge is 0.308 e. The number of methoxy groups -OCH3 is 1. The number of ether oxygens (including phenoxy) is 2. The molecule has 0 aromatic rings. The number of carbonyl (C=O) groups is 1. The molecule has 0 radical (unpaired) electrons. The summed E-state index contributed by atoms with van der Waals surface area (Å²) in [6.07, 6.45) is 6.09. The molecule has 1 heterocycles. The fourth-order valence-corrected chi connectivity index (χ4v) is 4.09. The predicted octanol–water partition coefficient (Wildman–Crippen LogP) is 1.44. The summed E-state index contributed by atoms with van der Waals surface area (Å²) in [5.74, 6) is 1.73. The summed E-state index contributed by atoms with van der Waals surface area (Å²) in [5, 5.41) is 0. The normalized spacial score (nSPS) is 40.1. The van der Waals surface area contributed by atoms with Crippen LogP contribution in [0, 0.1) is 11.8 Å². The molecule has 102 valence electrons. The van der Waals surface area contributed by atoms with Crippen molar-refractivity contribution < 1.29 is 14.3 Å². The first kappa shape index (κ1) is 12.4. The Balaban J connectivity index is 1.55. The largest absolute Gasteiger partial charge is 0.469 e. The Morgan fingerprint density at radius 3 is 2.94 bits per heavy atom. The first-order valence-electron chi connectivity index (χ1n) is 7.18. The highest BCUT2D eigenvalue weighted by molar-refractivity contribution is 5.69. The van der Waals surface area contributed by atoms with Crippen LogP contribution in [0.25, 0.3) is 0 Å². The molecule has 3 aliphatic rings. The predicted molar refractivity (Wildman–Crippen MR) is 67.2 cm³/mol. The summed E-state index contributed by atoms with van der Waals surface area (Å²) in [7, 11) is 1.44. The van der Waals surface area contributed by atoms with Crippen LogP contribution in [0.3, 0.4) is 0 Å². The van der Waals surface area contributed by atoms with Gasteiger partial charge in [0.25, 0.3) is 0 Å². The number of nitrogens with zero attached hydrogens (tertiary/aromatic N) is 1. The van der Waals surface area contributed by atoms with Crippen LogP contribution in [0.5, 0.6) is 0 Å². The molecule has 4 nitrogen and oxygen atoms in total. The number of esters is 1. The van der Waals surface area contributed by atoms with Gasteiger partial charge in [0.05, 0.1) is 26.2 Å². The van der Waals surface area contributed by atoms with Crippen LogP contribution >= 0.6 is 0 Å². The molecule has 4 unspecified atom stereocenters. The molecule has 4 atom stereocenters. The van der Waals surface area contributed by atoms with E-state index in [1.807, 2.05) is 0 Å². The second-order valence-electron chi connectivity index (χ2n) is 6.01. The summed E-state index contributed by atoms with van der Waals surface area (Å²) in [6.45, 7) is 2.70. The average molecular weight is 253 g/mol. The summed E-state index contributed by atoms with van der Waals surface area (Å²) in [4.78, 5) is 13.9. The van der Waals surface area contributed by atoms with E-state index in [2.05, 4.69) is 4.90 Å². The van der Waals surface area contributed by atoms with Gasteiger partial charge in [-0.15, -0.1) is 0 Å². The van der Waals surface area contributed by atoms with Gasteiger partial charge in [0.1, 0.15) is 0 Å².